The number of halogens is 1. The summed E-state index contributed by atoms with van der Waals surface area (Å²) in [4.78, 5) is 45.5. The molecular formula is C33H49FN4O3. The van der Waals surface area contributed by atoms with Crippen molar-refractivity contribution >= 4 is 17.7 Å². The first-order valence-electron chi connectivity index (χ1n) is 16.0. The highest BCUT2D eigenvalue weighted by Crippen LogP contribution is 2.46. The lowest BCUT2D eigenvalue weighted by atomic mass is 9.63. The molecule has 3 saturated heterocycles. The van der Waals surface area contributed by atoms with Crippen LogP contribution in [0.25, 0.3) is 0 Å². The summed E-state index contributed by atoms with van der Waals surface area (Å²) in [5, 5.41) is 6.36. The zero-order chi connectivity index (χ0) is 29.1. The largest absolute Gasteiger partial charge is 0.353 e. The Balaban J connectivity index is 1.31. The number of fused-ring (bicyclic) bond motifs is 3. The molecule has 4 atom stereocenters. The zero-order valence-corrected chi connectivity index (χ0v) is 25.2. The standard InChI is InChI=1S/C33H49FN4O3/c1-22(2)35-32(41)33(25-7-5-4-6-8-25)15-17-38(18-16-33)31(40)28(20-23-9-12-26(34)13-10-23)36-30(39)27-19-24-11-14-29(27)37(3)21-24/h9-10,12-13,22,24-25,27-29H,4-8,11,14-21H2,1-3H3,(H,35,41)(H,36,39). The molecule has 3 aliphatic heterocycles. The molecule has 4 unspecified atom stereocenters. The molecule has 5 fully saturated rings. The molecule has 3 heterocycles. The van der Waals surface area contributed by atoms with Gasteiger partial charge in [-0.25, -0.2) is 4.39 Å². The second-order valence-corrected chi connectivity index (χ2v) is 13.6. The number of nitrogens with one attached hydrogen (secondary N) is 2. The van der Waals surface area contributed by atoms with E-state index in [0.29, 0.717) is 44.2 Å². The van der Waals surface area contributed by atoms with E-state index in [4.69, 9.17) is 0 Å². The quantitative estimate of drug-likeness (QED) is 0.490. The maximum Gasteiger partial charge on any atom is 0.245 e. The summed E-state index contributed by atoms with van der Waals surface area (Å²) in [7, 11) is 2.10. The first kappa shape index (κ1) is 30.0. The molecule has 3 amide bonds. The van der Waals surface area contributed by atoms with Crippen molar-refractivity contribution in [3.8, 4) is 0 Å². The van der Waals surface area contributed by atoms with Crippen LogP contribution in [0, 0.1) is 29.0 Å². The third kappa shape index (κ3) is 6.63. The number of carbonyl (C=O) groups is 3. The van der Waals surface area contributed by atoms with Gasteiger partial charge >= 0.3 is 0 Å². The summed E-state index contributed by atoms with van der Waals surface area (Å²) in [6.45, 7) is 6.06. The van der Waals surface area contributed by atoms with Crippen LogP contribution < -0.4 is 10.6 Å². The molecular weight excluding hydrogens is 519 g/mol. The van der Waals surface area contributed by atoms with Crippen molar-refractivity contribution in [2.75, 3.05) is 26.7 Å². The number of hydrogen-bond acceptors (Lipinski definition) is 4. The van der Waals surface area contributed by atoms with Crippen molar-refractivity contribution < 1.29 is 18.8 Å². The van der Waals surface area contributed by atoms with Crippen molar-refractivity contribution in [2.45, 2.75) is 103 Å². The van der Waals surface area contributed by atoms with E-state index in [0.717, 1.165) is 57.1 Å². The van der Waals surface area contributed by atoms with Crippen LogP contribution in [0.5, 0.6) is 0 Å². The molecule has 0 spiro atoms. The lowest BCUT2D eigenvalue weighted by Crippen LogP contribution is -2.60. The minimum atomic E-state index is -0.717. The second-order valence-electron chi connectivity index (χ2n) is 13.6. The van der Waals surface area contributed by atoms with Crippen LogP contribution in [0.3, 0.4) is 0 Å². The van der Waals surface area contributed by atoms with E-state index in [9.17, 15) is 18.8 Å². The van der Waals surface area contributed by atoms with Gasteiger partial charge in [-0.05, 0) is 95.4 Å². The van der Waals surface area contributed by atoms with Gasteiger partial charge in [0.2, 0.25) is 17.7 Å². The SMILES string of the molecule is CC(C)NC(=O)C1(C2CCCCC2)CCN(C(=O)C(Cc2ccc(F)cc2)NC(=O)C2CC3CCC2N(C)C3)CC1. The minimum Gasteiger partial charge on any atom is -0.353 e. The minimum absolute atomic E-state index is 0.0448. The van der Waals surface area contributed by atoms with Crippen LogP contribution in [-0.2, 0) is 20.8 Å². The number of piperidine rings is 3. The summed E-state index contributed by atoms with van der Waals surface area (Å²) in [6.07, 6.45) is 10.4. The van der Waals surface area contributed by atoms with E-state index in [1.807, 2.05) is 18.7 Å². The van der Waals surface area contributed by atoms with Crippen molar-refractivity contribution in [3.05, 3.63) is 35.6 Å². The third-order valence-electron chi connectivity index (χ3n) is 10.6. The van der Waals surface area contributed by atoms with Gasteiger partial charge in [-0.15, -0.1) is 0 Å². The highest BCUT2D eigenvalue weighted by Gasteiger charge is 2.49. The molecule has 1 aromatic carbocycles. The number of likely N-dealkylation sites (tertiary alicyclic amines) is 1. The summed E-state index contributed by atoms with van der Waals surface area (Å²) in [6, 6.07) is 5.77. The molecule has 0 aromatic heterocycles. The van der Waals surface area contributed by atoms with E-state index in [-0.39, 0.29) is 41.5 Å². The van der Waals surface area contributed by atoms with Crippen LogP contribution in [0.15, 0.2) is 24.3 Å². The lowest BCUT2D eigenvalue weighted by molar-refractivity contribution is -0.147. The van der Waals surface area contributed by atoms with E-state index in [1.54, 1.807) is 12.1 Å². The number of nitrogens with zero attached hydrogens (tertiary/aromatic N) is 2. The van der Waals surface area contributed by atoms with Crippen molar-refractivity contribution in [3.63, 3.8) is 0 Å². The Bertz CT molecular complexity index is 1080. The van der Waals surface area contributed by atoms with Gasteiger partial charge in [-0.1, -0.05) is 31.4 Å². The molecule has 5 aliphatic rings. The summed E-state index contributed by atoms with van der Waals surface area (Å²) in [5.41, 5.74) is 0.375. The van der Waals surface area contributed by atoms with Crippen molar-refractivity contribution in [1.82, 2.24) is 20.4 Å². The normalized spacial score (nSPS) is 27.4. The molecule has 8 heteroatoms. The fourth-order valence-electron chi connectivity index (χ4n) is 8.32. The van der Waals surface area contributed by atoms with Gasteiger partial charge in [0.05, 0.1) is 11.3 Å². The second kappa shape index (κ2) is 12.8. The number of carbonyl (C=O) groups excluding carboxylic acids is 3. The number of hydrogen-bond donors (Lipinski definition) is 2. The maximum absolute atomic E-state index is 14.1. The Hall–Kier alpha value is -2.48. The number of amides is 3. The van der Waals surface area contributed by atoms with Gasteiger partial charge in [0.15, 0.2) is 0 Å². The average molecular weight is 569 g/mol. The summed E-state index contributed by atoms with van der Waals surface area (Å²) in [5.74, 6) is 0.432. The van der Waals surface area contributed by atoms with Gasteiger partial charge < -0.3 is 20.4 Å². The molecule has 2 saturated carbocycles. The molecule has 7 nitrogen and oxygen atoms in total. The zero-order valence-electron chi connectivity index (χ0n) is 25.2. The van der Waals surface area contributed by atoms with Crippen LogP contribution in [-0.4, -0.2) is 72.3 Å². The van der Waals surface area contributed by atoms with E-state index in [1.165, 1.54) is 18.6 Å². The van der Waals surface area contributed by atoms with E-state index in [2.05, 4.69) is 22.6 Å². The number of benzene rings is 1. The summed E-state index contributed by atoms with van der Waals surface area (Å²) < 4.78 is 13.6. The van der Waals surface area contributed by atoms with Gasteiger partial charge in [-0.2, -0.15) is 0 Å². The van der Waals surface area contributed by atoms with E-state index < -0.39 is 11.5 Å². The molecule has 2 bridgehead atoms. The Morgan fingerprint density at radius 2 is 1.66 bits per heavy atom. The smallest absolute Gasteiger partial charge is 0.245 e. The molecule has 0 radical (unpaired) electrons. The van der Waals surface area contributed by atoms with Crippen molar-refractivity contribution in [2.24, 2.45) is 23.2 Å². The fraction of sp³-hybridized carbons (Fsp3) is 0.727. The first-order chi connectivity index (χ1) is 19.7. The van der Waals surface area contributed by atoms with E-state index >= 15 is 0 Å². The maximum atomic E-state index is 14.1. The van der Waals surface area contributed by atoms with Crippen LogP contribution in [0.2, 0.25) is 0 Å². The molecule has 6 rings (SSSR count). The Labute approximate surface area is 245 Å². The monoisotopic (exact) mass is 568 g/mol. The molecule has 1 aromatic rings. The van der Waals surface area contributed by atoms with Crippen LogP contribution >= 0.6 is 0 Å². The highest BCUT2D eigenvalue weighted by molar-refractivity contribution is 5.90. The van der Waals surface area contributed by atoms with Gasteiger partial charge in [-0.3, -0.25) is 14.4 Å². The Morgan fingerprint density at radius 3 is 2.27 bits per heavy atom. The average Bonchev–Trinajstić information content (AvgIpc) is 2.97. The Kier molecular flexibility index (Phi) is 9.37. The van der Waals surface area contributed by atoms with Crippen LogP contribution in [0.1, 0.15) is 83.6 Å². The lowest BCUT2D eigenvalue weighted by Gasteiger charge is -2.48. The fourth-order valence-corrected chi connectivity index (χ4v) is 8.32. The number of rotatable bonds is 8. The molecule has 226 valence electrons. The third-order valence-corrected chi connectivity index (χ3v) is 10.6. The Morgan fingerprint density at radius 1 is 0.976 bits per heavy atom. The van der Waals surface area contributed by atoms with Gasteiger partial charge in [0.1, 0.15) is 11.9 Å². The van der Waals surface area contributed by atoms with Crippen molar-refractivity contribution in [1.29, 1.82) is 0 Å². The predicted molar refractivity (Wildman–Crippen MR) is 157 cm³/mol. The van der Waals surface area contributed by atoms with Gasteiger partial charge in [0.25, 0.3) is 0 Å². The van der Waals surface area contributed by atoms with Gasteiger partial charge in [0, 0.05) is 38.1 Å². The summed E-state index contributed by atoms with van der Waals surface area (Å²) >= 11 is 0. The predicted octanol–water partition coefficient (Wildman–Crippen LogP) is 4.30. The first-order valence-corrected chi connectivity index (χ1v) is 16.0. The molecule has 2 aliphatic carbocycles. The van der Waals surface area contributed by atoms with Crippen LogP contribution in [0.4, 0.5) is 4.39 Å². The molecule has 2 N–H and O–H groups in total. The highest BCUT2D eigenvalue weighted by atomic mass is 19.1. The molecule has 41 heavy (non-hydrogen) atoms. The topological polar surface area (TPSA) is 81.8 Å².